The quantitative estimate of drug-likeness (QED) is 0.666. The normalized spacial score (nSPS) is 12.3. The summed E-state index contributed by atoms with van der Waals surface area (Å²) in [5, 5.41) is 2.15. The van der Waals surface area contributed by atoms with Gasteiger partial charge in [-0.15, -0.1) is 0 Å². The molecule has 1 amide bonds. The van der Waals surface area contributed by atoms with Gasteiger partial charge in [0.25, 0.3) is 0 Å². The number of amides is 1. The van der Waals surface area contributed by atoms with E-state index < -0.39 is 43.5 Å². The average Bonchev–Trinajstić information content (AvgIpc) is 2.33. The first-order chi connectivity index (χ1) is 9.58. The lowest BCUT2D eigenvalue weighted by Crippen LogP contribution is -2.20. The number of hydrogen-bond acceptors (Lipinski definition) is 2. The number of nitrogens with one attached hydrogen (secondary N) is 1. The highest BCUT2D eigenvalue weighted by Gasteiger charge is 2.30. The molecule has 0 radical (unpaired) electrons. The van der Waals surface area contributed by atoms with Gasteiger partial charge >= 0.3 is 12.4 Å². The van der Waals surface area contributed by atoms with E-state index in [0.717, 1.165) is 18.2 Å². The molecular weight excluding hydrogens is 304 g/mol. The maximum absolute atomic E-state index is 12.4. The lowest BCUT2D eigenvalue weighted by atomic mass is 10.2. The first-order valence-corrected chi connectivity index (χ1v) is 5.69. The van der Waals surface area contributed by atoms with Gasteiger partial charge in [-0.3, -0.25) is 4.79 Å². The molecule has 3 nitrogen and oxygen atoms in total. The fraction of sp³-hybridized carbons (Fsp3) is 0.417. The Hall–Kier alpha value is -1.77. The second kappa shape index (κ2) is 6.79. The summed E-state index contributed by atoms with van der Waals surface area (Å²) in [6.07, 6.45) is -9.43. The number of alkyl halides is 6. The van der Waals surface area contributed by atoms with Crippen molar-refractivity contribution in [3.05, 3.63) is 29.8 Å². The van der Waals surface area contributed by atoms with Gasteiger partial charge in [-0.1, -0.05) is 6.07 Å². The van der Waals surface area contributed by atoms with E-state index in [1.54, 1.807) is 0 Å². The van der Waals surface area contributed by atoms with Gasteiger partial charge in [-0.25, -0.2) is 0 Å². The molecular formula is C12H11F6NO2. The van der Waals surface area contributed by atoms with Crippen LogP contribution in [0.3, 0.4) is 0 Å². The number of rotatable bonds is 5. The van der Waals surface area contributed by atoms with E-state index in [-0.39, 0.29) is 5.69 Å². The van der Waals surface area contributed by atoms with Crippen molar-refractivity contribution in [2.75, 3.05) is 18.5 Å². The van der Waals surface area contributed by atoms with Crippen LogP contribution >= 0.6 is 0 Å². The first kappa shape index (κ1) is 17.3. The van der Waals surface area contributed by atoms with Gasteiger partial charge in [0.05, 0.1) is 18.6 Å². The van der Waals surface area contributed by atoms with Gasteiger partial charge in [0.1, 0.15) is 6.61 Å². The van der Waals surface area contributed by atoms with Crippen molar-refractivity contribution >= 4 is 11.6 Å². The second-order valence-electron chi connectivity index (χ2n) is 4.04. The Morgan fingerprint density at radius 2 is 1.81 bits per heavy atom. The Labute approximate surface area is 115 Å². The van der Waals surface area contributed by atoms with E-state index in [2.05, 4.69) is 10.1 Å². The highest BCUT2D eigenvalue weighted by atomic mass is 19.4. The van der Waals surface area contributed by atoms with Crippen LogP contribution in [-0.4, -0.2) is 25.3 Å². The van der Waals surface area contributed by atoms with Gasteiger partial charge < -0.3 is 10.1 Å². The van der Waals surface area contributed by atoms with Crippen LogP contribution in [0.4, 0.5) is 32.0 Å². The van der Waals surface area contributed by atoms with E-state index in [1.807, 2.05) is 0 Å². The molecule has 0 heterocycles. The molecule has 0 atom stereocenters. The number of anilines is 1. The molecule has 0 aliphatic heterocycles. The van der Waals surface area contributed by atoms with Gasteiger partial charge in [-0.05, 0) is 18.2 Å². The Morgan fingerprint density at radius 1 is 1.14 bits per heavy atom. The van der Waals surface area contributed by atoms with Gasteiger partial charge in [-0.2, -0.15) is 26.3 Å². The molecule has 21 heavy (non-hydrogen) atoms. The lowest BCUT2D eigenvalue weighted by molar-refractivity contribution is -0.174. The lowest BCUT2D eigenvalue weighted by Gasteiger charge is -2.10. The number of carbonyl (C=O) groups is 1. The van der Waals surface area contributed by atoms with Crippen molar-refractivity contribution in [3.8, 4) is 0 Å². The minimum absolute atomic E-state index is 0.0920. The van der Waals surface area contributed by atoms with Gasteiger partial charge in [0.2, 0.25) is 5.91 Å². The molecule has 0 unspecified atom stereocenters. The summed E-state index contributed by atoms with van der Waals surface area (Å²) in [5.74, 6) is -0.739. The zero-order valence-electron chi connectivity index (χ0n) is 10.5. The molecule has 0 bridgehead atoms. The van der Waals surface area contributed by atoms with Crippen molar-refractivity contribution in [2.45, 2.75) is 18.8 Å². The molecule has 0 fully saturated rings. The maximum Gasteiger partial charge on any atom is 0.416 e. The molecule has 9 heteroatoms. The third-order valence-electron chi connectivity index (χ3n) is 2.21. The summed E-state index contributed by atoms with van der Waals surface area (Å²) in [4.78, 5) is 11.3. The standard InChI is InChI=1S/C12H11F6NO2/c13-11(14,15)7-21-5-4-10(20)19-9-3-1-2-8(6-9)12(16,17)18/h1-3,6H,4-5,7H2,(H,19,20). The number of benzene rings is 1. The summed E-state index contributed by atoms with van der Waals surface area (Å²) < 4.78 is 76.8. The molecule has 0 saturated carbocycles. The molecule has 1 rings (SSSR count). The maximum atomic E-state index is 12.4. The van der Waals surface area contributed by atoms with Crippen molar-refractivity contribution in [1.29, 1.82) is 0 Å². The van der Waals surface area contributed by atoms with Crippen LogP contribution in [0.25, 0.3) is 0 Å². The minimum atomic E-state index is -4.55. The number of halogens is 6. The smallest absolute Gasteiger partial charge is 0.372 e. The molecule has 0 aliphatic carbocycles. The Balaban J connectivity index is 2.45. The van der Waals surface area contributed by atoms with Crippen LogP contribution in [0.15, 0.2) is 24.3 Å². The summed E-state index contributed by atoms with van der Waals surface area (Å²) in [7, 11) is 0. The van der Waals surface area contributed by atoms with Crippen LogP contribution < -0.4 is 5.32 Å². The number of ether oxygens (including phenoxy) is 1. The SMILES string of the molecule is O=C(CCOCC(F)(F)F)Nc1cccc(C(F)(F)F)c1. The summed E-state index contributed by atoms with van der Waals surface area (Å²) >= 11 is 0. The largest absolute Gasteiger partial charge is 0.416 e. The van der Waals surface area contributed by atoms with Crippen molar-refractivity contribution in [1.82, 2.24) is 0 Å². The van der Waals surface area contributed by atoms with E-state index in [4.69, 9.17) is 0 Å². The van der Waals surface area contributed by atoms with Crippen LogP contribution in [-0.2, 0) is 15.7 Å². The van der Waals surface area contributed by atoms with Gasteiger partial charge in [0.15, 0.2) is 0 Å². The van der Waals surface area contributed by atoms with Crippen LogP contribution in [0, 0.1) is 0 Å². The van der Waals surface area contributed by atoms with E-state index in [0.29, 0.717) is 0 Å². The zero-order valence-corrected chi connectivity index (χ0v) is 10.5. The van der Waals surface area contributed by atoms with Crippen LogP contribution in [0.1, 0.15) is 12.0 Å². The van der Waals surface area contributed by atoms with E-state index >= 15 is 0 Å². The van der Waals surface area contributed by atoms with E-state index in [1.165, 1.54) is 6.07 Å². The second-order valence-corrected chi connectivity index (χ2v) is 4.04. The summed E-state index contributed by atoms with van der Waals surface area (Å²) in [6, 6.07) is 3.92. The molecule has 118 valence electrons. The van der Waals surface area contributed by atoms with Crippen molar-refractivity contribution in [2.24, 2.45) is 0 Å². The fourth-order valence-electron chi connectivity index (χ4n) is 1.35. The number of carbonyl (C=O) groups excluding carboxylic acids is 1. The third-order valence-corrected chi connectivity index (χ3v) is 2.21. The Bertz CT molecular complexity index is 483. The number of hydrogen-bond donors (Lipinski definition) is 1. The molecule has 0 saturated heterocycles. The predicted molar refractivity (Wildman–Crippen MR) is 61.6 cm³/mol. The molecule has 1 N–H and O–H groups in total. The Morgan fingerprint density at radius 3 is 2.38 bits per heavy atom. The van der Waals surface area contributed by atoms with Crippen LogP contribution in [0.2, 0.25) is 0 Å². The van der Waals surface area contributed by atoms with Gasteiger partial charge in [0, 0.05) is 5.69 Å². The van der Waals surface area contributed by atoms with Crippen molar-refractivity contribution < 1.29 is 35.9 Å². The fourth-order valence-corrected chi connectivity index (χ4v) is 1.35. The first-order valence-electron chi connectivity index (χ1n) is 5.69. The molecule has 0 spiro atoms. The topological polar surface area (TPSA) is 38.3 Å². The van der Waals surface area contributed by atoms with Crippen molar-refractivity contribution in [3.63, 3.8) is 0 Å². The highest BCUT2D eigenvalue weighted by Crippen LogP contribution is 2.30. The highest BCUT2D eigenvalue weighted by molar-refractivity contribution is 5.90. The third kappa shape index (κ3) is 6.98. The predicted octanol–water partition coefficient (Wildman–Crippen LogP) is 3.61. The minimum Gasteiger partial charge on any atom is -0.372 e. The summed E-state index contributed by atoms with van der Waals surface area (Å²) in [6.45, 7) is -1.96. The summed E-state index contributed by atoms with van der Waals surface area (Å²) in [5.41, 5.74) is -1.03. The Kier molecular flexibility index (Phi) is 5.59. The zero-order chi connectivity index (χ0) is 16.1. The van der Waals surface area contributed by atoms with Crippen LogP contribution in [0.5, 0.6) is 0 Å². The molecule has 1 aromatic rings. The molecule has 1 aromatic carbocycles. The average molecular weight is 315 g/mol. The van der Waals surface area contributed by atoms with E-state index in [9.17, 15) is 31.1 Å². The molecule has 0 aromatic heterocycles. The monoisotopic (exact) mass is 315 g/mol. The molecule has 0 aliphatic rings.